The lowest BCUT2D eigenvalue weighted by atomic mass is 10.2. The molecule has 0 aliphatic rings. The van der Waals surface area contributed by atoms with E-state index in [0.717, 1.165) is 10.0 Å². The van der Waals surface area contributed by atoms with Crippen LogP contribution in [0.5, 0.6) is 0 Å². The van der Waals surface area contributed by atoms with Crippen LogP contribution in [0.15, 0.2) is 28.7 Å². The van der Waals surface area contributed by atoms with Crippen molar-refractivity contribution in [3.8, 4) is 0 Å². The second-order valence-corrected chi connectivity index (χ2v) is 3.76. The van der Waals surface area contributed by atoms with Gasteiger partial charge in [-0.05, 0) is 17.7 Å². The van der Waals surface area contributed by atoms with E-state index in [-0.39, 0.29) is 13.2 Å². The van der Waals surface area contributed by atoms with Crippen molar-refractivity contribution in [3.63, 3.8) is 0 Å². The highest BCUT2D eigenvalue weighted by molar-refractivity contribution is 9.10. The first-order valence-electron chi connectivity index (χ1n) is 4.48. The number of aliphatic hydroxyl groups is 1. The van der Waals surface area contributed by atoms with E-state index < -0.39 is 6.09 Å². The molecular weight excluding hydrogens is 262 g/mol. The Labute approximate surface area is 96.4 Å². The lowest BCUT2D eigenvalue weighted by molar-refractivity contribution is 0.119. The monoisotopic (exact) mass is 273 g/mol. The number of hydrogen-bond donors (Lipinski definition) is 2. The molecule has 0 aliphatic carbocycles. The van der Waals surface area contributed by atoms with Crippen LogP contribution >= 0.6 is 15.9 Å². The van der Waals surface area contributed by atoms with Gasteiger partial charge in [-0.2, -0.15) is 0 Å². The molecule has 0 atom stereocenters. The van der Waals surface area contributed by atoms with Gasteiger partial charge in [0.25, 0.3) is 0 Å². The molecule has 1 aromatic carbocycles. The molecule has 1 aromatic rings. The van der Waals surface area contributed by atoms with Crippen LogP contribution in [0.25, 0.3) is 0 Å². The van der Waals surface area contributed by atoms with E-state index in [4.69, 9.17) is 5.11 Å². The van der Waals surface area contributed by atoms with Crippen LogP contribution in [0.2, 0.25) is 0 Å². The maximum atomic E-state index is 11.0. The Morgan fingerprint density at radius 3 is 3.00 bits per heavy atom. The Bertz CT molecular complexity index is 330. The van der Waals surface area contributed by atoms with Gasteiger partial charge in [-0.15, -0.1) is 0 Å². The van der Waals surface area contributed by atoms with E-state index in [1.54, 1.807) is 0 Å². The highest BCUT2D eigenvalue weighted by Gasteiger charge is 2.00. The smallest absolute Gasteiger partial charge is 0.407 e. The van der Waals surface area contributed by atoms with Gasteiger partial charge < -0.3 is 15.2 Å². The summed E-state index contributed by atoms with van der Waals surface area (Å²) in [4.78, 5) is 11.0. The van der Waals surface area contributed by atoms with Gasteiger partial charge in [0.15, 0.2) is 0 Å². The quantitative estimate of drug-likeness (QED) is 0.878. The predicted octanol–water partition coefficient (Wildman–Crippen LogP) is 1.67. The largest absolute Gasteiger partial charge is 0.447 e. The zero-order valence-electron chi connectivity index (χ0n) is 8.07. The van der Waals surface area contributed by atoms with E-state index in [0.29, 0.717) is 6.54 Å². The van der Waals surface area contributed by atoms with Gasteiger partial charge in [-0.3, -0.25) is 0 Å². The molecule has 0 aliphatic heterocycles. The Balaban J connectivity index is 2.33. The number of alkyl carbamates (subject to hydrolysis) is 1. The molecule has 0 bridgehead atoms. The summed E-state index contributed by atoms with van der Waals surface area (Å²) in [6, 6.07) is 7.61. The summed E-state index contributed by atoms with van der Waals surface area (Å²) in [5, 5.41) is 11.0. The number of benzene rings is 1. The molecule has 1 rings (SSSR count). The molecule has 0 saturated heterocycles. The lowest BCUT2D eigenvalue weighted by Crippen LogP contribution is -2.24. The fourth-order valence-corrected chi connectivity index (χ4v) is 1.46. The molecule has 0 unspecified atom stereocenters. The summed E-state index contributed by atoms with van der Waals surface area (Å²) in [5.41, 5.74) is 0.977. The van der Waals surface area contributed by atoms with Crippen LogP contribution in [0.4, 0.5) is 4.79 Å². The van der Waals surface area contributed by atoms with Crippen molar-refractivity contribution < 1.29 is 14.6 Å². The molecule has 82 valence electrons. The Morgan fingerprint density at radius 2 is 2.33 bits per heavy atom. The van der Waals surface area contributed by atoms with E-state index in [1.807, 2.05) is 24.3 Å². The number of amides is 1. The predicted molar refractivity (Wildman–Crippen MR) is 59.4 cm³/mol. The van der Waals surface area contributed by atoms with Crippen LogP contribution in [-0.2, 0) is 11.3 Å². The summed E-state index contributed by atoms with van der Waals surface area (Å²) in [7, 11) is 0. The highest BCUT2D eigenvalue weighted by atomic mass is 79.9. The third kappa shape index (κ3) is 4.80. The fraction of sp³-hybridized carbons (Fsp3) is 0.300. The Kier molecular flexibility index (Phi) is 5.14. The maximum Gasteiger partial charge on any atom is 0.407 e. The average molecular weight is 274 g/mol. The number of rotatable bonds is 4. The minimum atomic E-state index is -0.524. The van der Waals surface area contributed by atoms with Gasteiger partial charge in [-0.25, -0.2) is 4.79 Å². The lowest BCUT2D eigenvalue weighted by Gasteiger charge is -2.05. The number of halogens is 1. The molecule has 0 aromatic heterocycles. The number of aliphatic hydroxyl groups excluding tert-OH is 1. The minimum Gasteiger partial charge on any atom is -0.447 e. The molecule has 15 heavy (non-hydrogen) atoms. The highest BCUT2D eigenvalue weighted by Crippen LogP contribution is 2.11. The van der Waals surface area contributed by atoms with Crippen LogP contribution in [0.1, 0.15) is 5.56 Å². The molecule has 0 fully saturated rings. The van der Waals surface area contributed by atoms with E-state index >= 15 is 0 Å². The number of carbonyl (C=O) groups excluding carboxylic acids is 1. The molecule has 2 N–H and O–H groups in total. The molecule has 0 spiro atoms. The first-order chi connectivity index (χ1) is 7.22. The topological polar surface area (TPSA) is 58.6 Å². The molecule has 0 heterocycles. The van der Waals surface area contributed by atoms with Crippen molar-refractivity contribution in [2.24, 2.45) is 0 Å². The standard InChI is InChI=1S/C10H12BrNO3/c11-9-3-1-2-8(6-9)7-12-10(14)15-5-4-13/h1-3,6,13H,4-5,7H2,(H,12,14). The van der Waals surface area contributed by atoms with Gasteiger partial charge in [0.1, 0.15) is 6.61 Å². The molecule has 4 nitrogen and oxygen atoms in total. The number of hydrogen-bond acceptors (Lipinski definition) is 3. The van der Waals surface area contributed by atoms with Crippen molar-refractivity contribution in [2.45, 2.75) is 6.54 Å². The zero-order valence-corrected chi connectivity index (χ0v) is 9.66. The second-order valence-electron chi connectivity index (χ2n) is 2.84. The van der Waals surface area contributed by atoms with Crippen molar-refractivity contribution in [3.05, 3.63) is 34.3 Å². The Morgan fingerprint density at radius 1 is 1.53 bits per heavy atom. The third-order valence-corrected chi connectivity index (χ3v) is 2.14. The van der Waals surface area contributed by atoms with Gasteiger partial charge in [0, 0.05) is 11.0 Å². The van der Waals surface area contributed by atoms with Gasteiger partial charge in [0.2, 0.25) is 0 Å². The van der Waals surface area contributed by atoms with Gasteiger partial charge >= 0.3 is 6.09 Å². The maximum absolute atomic E-state index is 11.0. The number of ether oxygens (including phenoxy) is 1. The SMILES string of the molecule is O=C(NCc1cccc(Br)c1)OCCO. The second kappa shape index (κ2) is 6.42. The van der Waals surface area contributed by atoms with Crippen molar-refractivity contribution in [1.82, 2.24) is 5.32 Å². The Hall–Kier alpha value is -1.07. The van der Waals surface area contributed by atoms with Gasteiger partial charge in [-0.1, -0.05) is 28.1 Å². The first-order valence-corrected chi connectivity index (χ1v) is 5.27. The molecule has 0 saturated carbocycles. The minimum absolute atomic E-state index is 0.0182. The van der Waals surface area contributed by atoms with E-state index in [9.17, 15) is 4.79 Å². The van der Waals surface area contributed by atoms with Crippen molar-refractivity contribution in [2.75, 3.05) is 13.2 Å². The number of nitrogens with one attached hydrogen (secondary N) is 1. The van der Waals surface area contributed by atoms with Crippen molar-refractivity contribution in [1.29, 1.82) is 0 Å². The molecule has 5 heteroatoms. The number of carbonyl (C=O) groups is 1. The van der Waals surface area contributed by atoms with E-state index in [1.165, 1.54) is 0 Å². The van der Waals surface area contributed by atoms with Crippen LogP contribution in [0.3, 0.4) is 0 Å². The molecular formula is C10H12BrNO3. The summed E-state index contributed by atoms with van der Waals surface area (Å²) in [6.45, 7) is 0.262. The van der Waals surface area contributed by atoms with Gasteiger partial charge in [0.05, 0.1) is 6.61 Å². The van der Waals surface area contributed by atoms with Crippen LogP contribution < -0.4 is 5.32 Å². The summed E-state index contributed by atoms with van der Waals surface area (Å²) >= 11 is 3.33. The molecule has 0 radical (unpaired) electrons. The van der Waals surface area contributed by atoms with E-state index in [2.05, 4.69) is 26.0 Å². The third-order valence-electron chi connectivity index (χ3n) is 1.65. The summed E-state index contributed by atoms with van der Waals surface area (Å²) < 4.78 is 5.59. The van der Waals surface area contributed by atoms with Crippen LogP contribution in [-0.4, -0.2) is 24.4 Å². The normalized spacial score (nSPS) is 9.73. The first kappa shape index (κ1) is 12.0. The van der Waals surface area contributed by atoms with Crippen molar-refractivity contribution >= 4 is 22.0 Å². The average Bonchev–Trinajstić information content (AvgIpc) is 2.23. The van der Waals surface area contributed by atoms with Crippen LogP contribution in [0, 0.1) is 0 Å². The summed E-state index contributed by atoms with van der Waals surface area (Å²) in [6.07, 6.45) is -0.524. The fourth-order valence-electron chi connectivity index (χ4n) is 1.01. The zero-order chi connectivity index (χ0) is 11.1. The molecule has 1 amide bonds. The summed E-state index contributed by atoms with van der Waals surface area (Å²) in [5.74, 6) is 0.